The van der Waals surface area contributed by atoms with Crippen molar-refractivity contribution in [1.82, 2.24) is 39.8 Å². The molecule has 0 aliphatic heterocycles. The van der Waals surface area contributed by atoms with Crippen LogP contribution in [0.15, 0.2) is 22.6 Å². The first kappa shape index (κ1) is 12.5. The molecule has 0 aliphatic carbocycles. The summed E-state index contributed by atoms with van der Waals surface area (Å²) in [6.07, 6.45) is 3.35. The molecule has 11 heteroatoms. The molecule has 102 valence electrons. The van der Waals surface area contributed by atoms with Gasteiger partial charge >= 0.3 is 5.97 Å². The fourth-order valence-electron chi connectivity index (χ4n) is 1.57. The van der Waals surface area contributed by atoms with Crippen molar-refractivity contribution in [3.8, 4) is 0 Å². The van der Waals surface area contributed by atoms with E-state index in [0.717, 1.165) is 17.6 Å². The molecule has 0 amide bonds. The Labute approximate surface area is 115 Å². The fourth-order valence-corrected chi connectivity index (χ4v) is 2.38. The van der Waals surface area contributed by atoms with Gasteiger partial charge in [0.05, 0.1) is 0 Å². The van der Waals surface area contributed by atoms with Crippen LogP contribution in [0.1, 0.15) is 5.82 Å². The number of hydrogen-bond acceptors (Lipinski definition) is 8. The Morgan fingerprint density at radius 1 is 1.40 bits per heavy atom. The van der Waals surface area contributed by atoms with Crippen molar-refractivity contribution in [2.24, 2.45) is 0 Å². The summed E-state index contributed by atoms with van der Waals surface area (Å²) in [5, 5.41) is 28.5. The van der Waals surface area contributed by atoms with E-state index in [1.807, 2.05) is 6.92 Å². The SMILES string of the molecule is Cc1nnc2c(Sc3nnnn3CC(=O)O)nccn12. The van der Waals surface area contributed by atoms with E-state index in [4.69, 9.17) is 5.11 Å². The number of carbonyl (C=O) groups is 1. The molecule has 0 saturated carbocycles. The second-order valence-electron chi connectivity index (χ2n) is 3.79. The van der Waals surface area contributed by atoms with Gasteiger partial charge in [0, 0.05) is 12.4 Å². The molecule has 0 bridgehead atoms. The highest BCUT2D eigenvalue weighted by Gasteiger charge is 2.15. The van der Waals surface area contributed by atoms with Crippen LogP contribution in [0, 0.1) is 6.92 Å². The van der Waals surface area contributed by atoms with Gasteiger partial charge in [0.15, 0.2) is 5.65 Å². The van der Waals surface area contributed by atoms with E-state index in [0.29, 0.717) is 15.8 Å². The smallest absolute Gasteiger partial charge is 0.325 e. The van der Waals surface area contributed by atoms with Crippen LogP contribution in [-0.2, 0) is 11.3 Å². The average molecular weight is 292 g/mol. The van der Waals surface area contributed by atoms with Gasteiger partial charge in [-0.05, 0) is 29.1 Å². The summed E-state index contributed by atoms with van der Waals surface area (Å²) in [5.41, 5.74) is 0.569. The third-order valence-corrected chi connectivity index (χ3v) is 3.39. The van der Waals surface area contributed by atoms with Gasteiger partial charge in [-0.1, -0.05) is 0 Å². The number of aromatic nitrogens is 8. The molecule has 0 saturated heterocycles. The maximum Gasteiger partial charge on any atom is 0.325 e. The van der Waals surface area contributed by atoms with E-state index in [2.05, 4.69) is 30.7 Å². The third kappa shape index (κ3) is 2.18. The minimum absolute atomic E-state index is 0.315. The van der Waals surface area contributed by atoms with Crippen LogP contribution in [0.25, 0.3) is 5.65 Å². The first-order chi connectivity index (χ1) is 9.65. The predicted octanol–water partition coefficient (Wildman–Crippen LogP) is -0.345. The van der Waals surface area contributed by atoms with E-state index >= 15 is 0 Å². The molecule has 1 N–H and O–H groups in total. The number of hydrogen-bond donors (Lipinski definition) is 1. The zero-order valence-corrected chi connectivity index (χ0v) is 11.0. The number of carboxylic acids is 1. The molecule has 0 unspecified atom stereocenters. The Bertz CT molecular complexity index is 781. The van der Waals surface area contributed by atoms with Crippen molar-refractivity contribution in [2.45, 2.75) is 23.7 Å². The molecule has 0 spiro atoms. The Morgan fingerprint density at radius 2 is 2.25 bits per heavy atom. The lowest BCUT2D eigenvalue weighted by Gasteiger charge is -2.02. The number of fused-ring (bicyclic) bond motifs is 1. The average Bonchev–Trinajstić information content (AvgIpc) is 2.98. The molecule has 3 aromatic rings. The Hall–Kier alpha value is -2.56. The van der Waals surface area contributed by atoms with Crippen LogP contribution in [-0.4, -0.2) is 50.9 Å². The second-order valence-corrected chi connectivity index (χ2v) is 4.74. The van der Waals surface area contributed by atoms with Gasteiger partial charge in [-0.3, -0.25) is 9.20 Å². The van der Waals surface area contributed by atoms with Crippen molar-refractivity contribution >= 4 is 23.4 Å². The van der Waals surface area contributed by atoms with Gasteiger partial charge in [0.2, 0.25) is 5.16 Å². The van der Waals surface area contributed by atoms with Gasteiger partial charge in [-0.2, -0.15) is 0 Å². The van der Waals surface area contributed by atoms with Crippen molar-refractivity contribution in [3.05, 3.63) is 18.2 Å². The van der Waals surface area contributed by atoms with E-state index in [1.165, 1.54) is 4.68 Å². The molecule has 3 heterocycles. The summed E-state index contributed by atoms with van der Waals surface area (Å²) >= 11 is 1.13. The zero-order chi connectivity index (χ0) is 14.1. The van der Waals surface area contributed by atoms with Crippen LogP contribution >= 0.6 is 11.8 Å². The number of rotatable bonds is 4. The van der Waals surface area contributed by atoms with Crippen molar-refractivity contribution in [2.75, 3.05) is 0 Å². The summed E-state index contributed by atoms with van der Waals surface area (Å²) < 4.78 is 2.96. The molecule has 10 nitrogen and oxygen atoms in total. The van der Waals surface area contributed by atoms with Gasteiger partial charge in [-0.25, -0.2) is 9.67 Å². The Kier molecular flexibility index (Phi) is 3.02. The van der Waals surface area contributed by atoms with Crippen LogP contribution in [0.5, 0.6) is 0 Å². The van der Waals surface area contributed by atoms with Crippen LogP contribution in [0.2, 0.25) is 0 Å². The van der Waals surface area contributed by atoms with Gasteiger partial charge in [0.25, 0.3) is 0 Å². The summed E-state index contributed by atoms with van der Waals surface area (Å²) in [6.45, 7) is 1.51. The Morgan fingerprint density at radius 3 is 3.05 bits per heavy atom. The van der Waals surface area contributed by atoms with E-state index < -0.39 is 5.97 Å². The number of aliphatic carboxylic acids is 1. The number of aryl methyl sites for hydroxylation is 1. The monoisotopic (exact) mass is 292 g/mol. The molecule has 0 atom stereocenters. The van der Waals surface area contributed by atoms with Gasteiger partial charge < -0.3 is 5.11 Å². The maximum absolute atomic E-state index is 10.7. The first-order valence-corrected chi connectivity index (χ1v) is 6.29. The third-order valence-electron chi connectivity index (χ3n) is 2.44. The highest BCUT2D eigenvalue weighted by molar-refractivity contribution is 7.99. The van der Waals surface area contributed by atoms with Crippen molar-refractivity contribution in [1.29, 1.82) is 0 Å². The number of tetrazole rings is 1. The molecule has 20 heavy (non-hydrogen) atoms. The summed E-state index contributed by atoms with van der Waals surface area (Å²) in [4.78, 5) is 14.9. The lowest BCUT2D eigenvalue weighted by molar-refractivity contribution is -0.138. The lowest BCUT2D eigenvalue weighted by atomic mass is 10.6. The topological polar surface area (TPSA) is 124 Å². The summed E-state index contributed by atoms with van der Waals surface area (Å²) in [5.74, 6) is -0.294. The summed E-state index contributed by atoms with van der Waals surface area (Å²) in [6, 6.07) is 0. The molecular weight excluding hydrogens is 284 g/mol. The largest absolute Gasteiger partial charge is 0.480 e. The fraction of sp³-hybridized carbons (Fsp3) is 0.222. The van der Waals surface area contributed by atoms with Gasteiger partial charge in [0.1, 0.15) is 17.4 Å². The standard InChI is InChI=1S/C9H8N8O2S/c1-5-11-12-7-8(10-2-3-16(5)7)20-9-13-14-15-17(9)4-6(18)19/h2-3H,4H2,1H3,(H,18,19). The minimum Gasteiger partial charge on any atom is -0.480 e. The normalized spacial score (nSPS) is 11.1. The van der Waals surface area contributed by atoms with Crippen LogP contribution in [0.3, 0.4) is 0 Å². The predicted molar refractivity (Wildman–Crippen MR) is 65.1 cm³/mol. The van der Waals surface area contributed by atoms with E-state index in [-0.39, 0.29) is 6.54 Å². The van der Waals surface area contributed by atoms with Crippen LogP contribution < -0.4 is 0 Å². The minimum atomic E-state index is -1.02. The second kappa shape index (κ2) is 4.85. The van der Waals surface area contributed by atoms with E-state index in [9.17, 15) is 4.79 Å². The highest BCUT2D eigenvalue weighted by Crippen LogP contribution is 2.26. The lowest BCUT2D eigenvalue weighted by Crippen LogP contribution is -2.11. The quantitative estimate of drug-likeness (QED) is 0.687. The molecule has 0 aliphatic rings. The van der Waals surface area contributed by atoms with Crippen molar-refractivity contribution < 1.29 is 9.90 Å². The first-order valence-electron chi connectivity index (χ1n) is 5.47. The van der Waals surface area contributed by atoms with Crippen LogP contribution in [0.4, 0.5) is 0 Å². The van der Waals surface area contributed by atoms with Gasteiger partial charge in [-0.15, -0.1) is 15.3 Å². The summed E-state index contributed by atoms with van der Waals surface area (Å²) in [7, 11) is 0. The zero-order valence-electron chi connectivity index (χ0n) is 10.2. The number of carboxylic acid groups (broad SMARTS) is 1. The molecule has 0 fully saturated rings. The molecule has 3 rings (SSSR count). The molecular formula is C9H8N8O2S. The highest BCUT2D eigenvalue weighted by atomic mass is 32.2. The van der Waals surface area contributed by atoms with E-state index in [1.54, 1.807) is 16.8 Å². The number of nitrogens with zero attached hydrogens (tertiary/aromatic N) is 8. The molecule has 0 aromatic carbocycles. The van der Waals surface area contributed by atoms with Crippen molar-refractivity contribution in [3.63, 3.8) is 0 Å². The maximum atomic E-state index is 10.7. The molecule has 0 radical (unpaired) electrons. The Balaban J connectivity index is 1.97. The molecule has 3 aromatic heterocycles.